The van der Waals surface area contributed by atoms with Gasteiger partial charge >= 0.3 is 6.09 Å². The molecule has 0 saturated carbocycles. The summed E-state index contributed by atoms with van der Waals surface area (Å²) in [5.41, 5.74) is 0.574. The number of rotatable bonds is 10. The summed E-state index contributed by atoms with van der Waals surface area (Å²) in [6.07, 6.45) is 2.30. The third-order valence-corrected chi connectivity index (χ3v) is 7.60. The minimum Gasteiger partial charge on any atom is -0.489 e. The molecule has 0 radical (unpaired) electrons. The van der Waals surface area contributed by atoms with Crippen LogP contribution in [0.25, 0.3) is 0 Å². The second-order valence-electron chi connectivity index (χ2n) is 10.6. The van der Waals surface area contributed by atoms with Gasteiger partial charge in [-0.05, 0) is 56.2 Å². The fraction of sp³-hybridized carbons (Fsp3) is 0.393. The number of halogens is 3. The summed E-state index contributed by atoms with van der Waals surface area (Å²) in [6.45, 7) is 9.13. The van der Waals surface area contributed by atoms with Crippen LogP contribution in [-0.4, -0.2) is 48.8 Å². The Kier molecular flexibility index (Phi) is 10.4. The molecule has 41 heavy (non-hydrogen) atoms. The Morgan fingerprint density at radius 2 is 1.59 bits per heavy atom. The van der Waals surface area contributed by atoms with E-state index in [1.54, 1.807) is 32.9 Å². The second kappa shape index (κ2) is 13.0. The zero-order valence-corrected chi connectivity index (χ0v) is 26.7. The van der Waals surface area contributed by atoms with Gasteiger partial charge in [0.05, 0.1) is 28.4 Å². The molecule has 3 aromatic rings. The largest absolute Gasteiger partial charge is 0.489 e. The van der Waals surface area contributed by atoms with Crippen molar-refractivity contribution in [1.29, 1.82) is 0 Å². The predicted molar refractivity (Wildman–Crippen MR) is 161 cm³/mol. The van der Waals surface area contributed by atoms with E-state index in [-0.39, 0.29) is 24.6 Å². The number of hydrogen-bond donors (Lipinski definition) is 0. The number of amides is 1. The van der Waals surface area contributed by atoms with E-state index in [1.165, 1.54) is 12.5 Å². The van der Waals surface area contributed by atoms with Gasteiger partial charge in [-0.15, -0.1) is 11.6 Å². The lowest BCUT2D eigenvalue weighted by molar-refractivity contribution is 0.0608. The molecule has 0 bridgehead atoms. The molecule has 1 aromatic heterocycles. The van der Waals surface area contributed by atoms with Crippen LogP contribution in [0.15, 0.2) is 48.9 Å². The van der Waals surface area contributed by atoms with Gasteiger partial charge in [-0.25, -0.2) is 23.2 Å². The number of nitrogens with zero attached hydrogens (tertiary/aromatic N) is 3. The Labute approximate surface area is 255 Å². The van der Waals surface area contributed by atoms with Gasteiger partial charge in [0.1, 0.15) is 42.3 Å². The van der Waals surface area contributed by atoms with Gasteiger partial charge in [-0.2, -0.15) is 4.31 Å². The average molecular weight is 645 g/mol. The topological polar surface area (TPSA) is 108 Å². The summed E-state index contributed by atoms with van der Waals surface area (Å²) >= 11 is 18.6. The summed E-state index contributed by atoms with van der Waals surface area (Å²) < 4.78 is 42.4. The molecule has 0 aliphatic rings. The molecule has 3 rings (SSSR count). The normalized spacial score (nSPS) is 12.1. The van der Waals surface area contributed by atoms with Crippen molar-refractivity contribution >= 4 is 56.6 Å². The Hall–Kier alpha value is -2.79. The highest BCUT2D eigenvalue weighted by molar-refractivity contribution is 7.92. The van der Waals surface area contributed by atoms with Gasteiger partial charge < -0.3 is 14.2 Å². The molecule has 0 aliphatic heterocycles. The van der Waals surface area contributed by atoms with Crippen LogP contribution in [-0.2, 0) is 26.8 Å². The van der Waals surface area contributed by atoms with E-state index in [4.69, 9.17) is 49.0 Å². The van der Waals surface area contributed by atoms with Crippen LogP contribution in [0.1, 0.15) is 51.4 Å². The van der Waals surface area contributed by atoms with Crippen molar-refractivity contribution in [2.24, 2.45) is 0 Å². The molecular weight excluding hydrogens is 613 g/mol. The van der Waals surface area contributed by atoms with Gasteiger partial charge in [-0.3, -0.25) is 0 Å². The Balaban J connectivity index is 1.82. The summed E-state index contributed by atoms with van der Waals surface area (Å²) in [7, 11) is -4.07. The van der Waals surface area contributed by atoms with E-state index in [2.05, 4.69) is 9.97 Å². The molecule has 0 aliphatic carbocycles. The van der Waals surface area contributed by atoms with Crippen LogP contribution in [0.2, 0.25) is 10.0 Å². The molecule has 1 amide bonds. The van der Waals surface area contributed by atoms with E-state index in [0.717, 1.165) is 17.4 Å². The molecule has 0 unspecified atom stereocenters. The lowest BCUT2D eigenvalue weighted by atomic mass is 9.78. The first-order valence-corrected chi connectivity index (χ1v) is 15.6. The van der Waals surface area contributed by atoms with Gasteiger partial charge in [0.25, 0.3) is 0 Å². The number of alkyl halides is 1. The zero-order chi connectivity index (χ0) is 30.6. The Morgan fingerprint density at radius 3 is 2.12 bits per heavy atom. The molecule has 13 heteroatoms. The van der Waals surface area contributed by atoms with Gasteiger partial charge in [-0.1, -0.05) is 49.2 Å². The Morgan fingerprint density at radius 1 is 0.976 bits per heavy atom. The maximum Gasteiger partial charge on any atom is 0.428 e. The van der Waals surface area contributed by atoms with Gasteiger partial charge in [0, 0.05) is 5.41 Å². The summed E-state index contributed by atoms with van der Waals surface area (Å²) in [6, 6.07) is 11.0. The third-order valence-electron chi connectivity index (χ3n) is 5.88. The fourth-order valence-electron chi connectivity index (χ4n) is 3.83. The Bertz CT molecular complexity index is 1470. The summed E-state index contributed by atoms with van der Waals surface area (Å²) in [5, 5.41) is 0.779. The minimum atomic E-state index is -4.07. The molecule has 0 spiro atoms. The van der Waals surface area contributed by atoms with Crippen molar-refractivity contribution in [2.75, 3.05) is 23.0 Å². The highest BCUT2D eigenvalue weighted by Crippen LogP contribution is 2.40. The lowest BCUT2D eigenvalue weighted by Gasteiger charge is -2.27. The first-order valence-electron chi connectivity index (χ1n) is 12.5. The van der Waals surface area contributed by atoms with Crippen molar-refractivity contribution in [3.05, 3.63) is 75.8 Å². The minimum absolute atomic E-state index is 0.0609. The highest BCUT2D eigenvalue weighted by atomic mass is 35.5. The van der Waals surface area contributed by atoms with Crippen LogP contribution in [0.5, 0.6) is 11.5 Å². The summed E-state index contributed by atoms with van der Waals surface area (Å²) in [4.78, 5) is 20.8. The molecule has 222 valence electrons. The van der Waals surface area contributed by atoms with Crippen LogP contribution < -0.4 is 13.8 Å². The van der Waals surface area contributed by atoms with E-state index >= 15 is 0 Å². The highest BCUT2D eigenvalue weighted by Gasteiger charge is 2.33. The van der Waals surface area contributed by atoms with Crippen molar-refractivity contribution in [3.8, 4) is 11.5 Å². The van der Waals surface area contributed by atoms with Crippen molar-refractivity contribution in [1.82, 2.24) is 9.97 Å². The van der Waals surface area contributed by atoms with Gasteiger partial charge in [0.2, 0.25) is 10.0 Å². The molecule has 2 aromatic carbocycles. The van der Waals surface area contributed by atoms with E-state index in [1.807, 2.05) is 38.1 Å². The maximum atomic E-state index is 12.8. The number of sulfonamides is 1. The molecule has 0 atom stereocenters. The van der Waals surface area contributed by atoms with Crippen LogP contribution in [0, 0.1) is 0 Å². The molecule has 9 nitrogen and oxygen atoms in total. The monoisotopic (exact) mass is 643 g/mol. The molecular formula is C28H32Cl3N3O6S. The summed E-state index contributed by atoms with van der Waals surface area (Å²) in [5.74, 6) is 1.20. The van der Waals surface area contributed by atoms with E-state index in [0.29, 0.717) is 31.7 Å². The van der Waals surface area contributed by atoms with E-state index < -0.39 is 27.1 Å². The molecule has 0 fully saturated rings. The number of carbonyl (C=O) groups excluding carboxylic acids is 1. The van der Waals surface area contributed by atoms with Gasteiger partial charge in [0.15, 0.2) is 5.75 Å². The first kappa shape index (κ1) is 32.7. The standard InChI is InChI=1S/C28H32Cl3N3O6S/c1-27(2,3)40-26(35)34(41(6,36)37)24-15-32-17-33-23(24)16-39-20-9-7-18(8-10-20)28(4,5)19-13-21(30)25(22(31)14-19)38-12-11-29/h7-10,13-15,17H,11-12,16H2,1-6H3. The second-order valence-corrected chi connectivity index (χ2v) is 13.6. The molecule has 0 N–H and O–H groups in total. The number of ether oxygens (including phenoxy) is 3. The van der Waals surface area contributed by atoms with E-state index in [9.17, 15) is 13.2 Å². The number of aromatic nitrogens is 2. The smallest absolute Gasteiger partial charge is 0.428 e. The first-order chi connectivity index (χ1) is 19.0. The van der Waals surface area contributed by atoms with Crippen LogP contribution in [0.3, 0.4) is 0 Å². The number of carbonyl (C=O) groups is 1. The van der Waals surface area contributed by atoms with Crippen LogP contribution in [0.4, 0.5) is 10.5 Å². The van der Waals surface area contributed by atoms with Crippen molar-refractivity contribution < 1.29 is 27.4 Å². The average Bonchev–Trinajstić information content (AvgIpc) is 2.86. The fourth-order valence-corrected chi connectivity index (χ4v) is 5.32. The number of anilines is 1. The number of benzene rings is 2. The SMILES string of the molecule is CC(C)(C)OC(=O)N(c1cncnc1COc1ccc(C(C)(C)c2cc(Cl)c(OCCCl)c(Cl)c2)cc1)S(C)(=O)=O. The lowest BCUT2D eigenvalue weighted by Crippen LogP contribution is -2.41. The number of hydrogen-bond acceptors (Lipinski definition) is 8. The molecule has 1 heterocycles. The maximum absolute atomic E-state index is 12.8. The predicted octanol–water partition coefficient (Wildman–Crippen LogP) is 7.01. The van der Waals surface area contributed by atoms with Crippen molar-refractivity contribution in [2.45, 2.75) is 52.2 Å². The van der Waals surface area contributed by atoms with Crippen LogP contribution >= 0.6 is 34.8 Å². The quantitative estimate of drug-likeness (QED) is 0.217. The van der Waals surface area contributed by atoms with Crippen molar-refractivity contribution in [3.63, 3.8) is 0 Å². The third kappa shape index (κ3) is 8.38. The zero-order valence-electron chi connectivity index (χ0n) is 23.6. The molecule has 0 saturated heterocycles.